The van der Waals surface area contributed by atoms with Crippen molar-refractivity contribution in [2.75, 3.05) is 10.6 Å². The van der Waals surface area contributed by atoms with Crippen LogP contribution in [-0.2, 0) is 7.05 Å². The fraction of sp³-hybridized carbons (Fsp3) is 0.0571. The minimum absolute atomic E-state index is 0.160. The second kappa shape index (κ2) is 11.7. The SMILES string of the molecule is Cc1c(-n2c(NC(=S)Nc3ccccc3)c(C#N)c(-c3ccccc3)c2-c2ccccc2)n(C)n(-c2ccccc2)c1=O. The van der Waals surface area contributed by atoms with Crippen molar-refractivity contribution in [2.45, 2.75) is 6.92 Å². The molecule has 8 heteroatoms. The van der Waals surface area contributed by atoms with Crippen molar-refractivity contribution in [3.8, 4) is 40.0 Å². The Bertz CT molecular complexity index is 2020. The maximum atomic E-state index is 13.8. The number of benzene rings is 4. The first kappa shape index (κ1) is 27.5. The Morgan fingerprint density at radius 2 is 1.30 bits per heavy atom. The lowest BCUT2D eigenvalue weighted by Gasteiger charge is -2.19. The molecule has 0 unspecified atom stereocenters. The molecule has 0 radical (unpaired) electrons. The van der Waals surface area contributed by atoms with Crippen LogP contribution in [0.15, 0.2) is 126 Å². The quantitative estimate of drug-likeness (QED) is 0.202. The number of hydrogen-bond donors (Lipinski definition) is 2. The van der Waals surface area contributed by atoms with Gasteiger partial charge in [0.05, 0.1) is 16.9 Å². The molecule has 0 aliphatic heterocycles. The lowest BCUT2D eigenvalue weighted by molar-refractivity contribution is 0.631. The van der Waals surface area contributed by atoms with Gasteiger partial charge in [0.15, 0.2) is 5.11 Å². The highest BCUT2D eigenvalue weighted by molar-refractivity contribution is 7.80. The fourth-order valence-electron chi connectivity index (χ4n) is 5.46. The highest BCUT2D eigenvalue weighted by Crippen LogP contribution is 2.43. The summed E-state index contributed by atoms with van der Waals surface area (Å²) in [6, 6.07) is 41.3. The van der Waals surface area contributed by atoms with E-state index in [9.17, 15) is 10.1 Å². The third-order valence-corrected chi connectivity index (χ3v) is 7.53. The second-order valence-electron chi connectivity index (χ2n) is 10.00. The zero-order chi connectivity index (χ0) is 29.9. The van der Waals surface area contributed by atoms with E-state index in [1.165, 1.54) is 0 Å². The van der Waals surface area contributed by atoms with Gasteiger partial charge >= 0.3 is 0 Å². The Morgan fingerprint density at radius 1 is 0.767 bits per heavy atom. The number of nitriles is 1. The van der Waals surface area contributed by atoms with Crippen molar-refractivity contribution in [3.63, 3.8) is 0 Å². The first-order valence-corrected chi connectivity index (χ1v) is 14.2. The summed E-state index contributed by atoms with van der Waals surface area (Å²) in [6.07, 6.45) is 0. The molecule has 2 heterocycles. The van der Waals surface area contributed by atoms with Crippen molar-refractivity contribution in [1.29, 1.82) is 5.26 Å². The number of rotatable bonds is 6. The largest absolute Gasteiger partial charge is 0.332 e. The number of anilines is 2. The summed E-state index contributed by atoms with van der Waals surface area (Å²) in [5, 5.41) is 17.6. The molecule has 0 fully saturated rings. The maximum Gasteiger partial charge on any atom is 0.276 e. The van der Waals surface area contributed by atoms with Gasteiger partial charge in [-0.2, -0.15) is 5.26 Å². The predicted molar refractivity (Wildman–Crippen MR) is 177 cm³/mol. The van der Waals surface area contributed by atoms with Crippen LogP contribution in [0.5, 0.6) is 0 Å². The average Bonchev–Trinajstić information content (AvgIpc) is 3.47. The molecule has 2 N–H and O–H groups in total. The normalized spacial score (nSPS) is 10.7. The lowest BCUT2D eigenvalue weighted by atomic mass is 9.98. The van der Waals surface area contributed by atoms with Gasteiger partial charge in [0.2, 0.25) is 0 Å². The van der Waals surface area contributed by atoms with E-state index in [4.69, 9.17) is 12.2 Å². The number of para-hydroxylation sites is 2. The zero-order valence-corrected chi connectivity index (χ0v) is 24.5. The van der Waals surface area contributed by atoms with Gasteiger partial charge in [0.25, 0.3) is 5.56 Å². The van der Waals surface area contributed by atoms with Gasteiger partial charge in [-0.15, -0.1) is 0 Å². The van der Waals surface area contributed by atoms with E-state index in [1.54, 1.807) is 4.68 Å². The van der Waals surface area contributed by atoms with Gasteiger partial charge < -0.3 is 10.6 Å². The molecule has 2 aromatic heterocycles. The monoisotopic (exact) mass is 580 g/mol. The topological polar surface area (TPSA) is 79.7 Å². The van der Waals surface area contributed by atoms with Gasteiger partial charge in [-0.3, -0.25) is 14.0 Å². The molecular formula is C35H28N6OS. The molecule has 0 aliphatic rings. The third kappa shape index (κ3) is 5.03. The zero-order valence-electron chi connectivity index (χ0n) is 23.7. The maximum absolute atomic E-state index is 13.8. The molecule has 4 aromatic carbocycles. The number of nitrogens with one attached hydrogen (secondary N) is 2. The van der Waals surface area contributed by atoms with Gasteiger partial charge in [-0.1, -0.05) is 97.1 Å². The summed E-state index contributed by atoms with van der Waals surface area (Å²) in [5.41, 5.74) is 5.55. The van der Waals surface area contributed by atoms with Crippen molar-refractivity contribution in [2.24, 2.45) is 7.05 Å². The summed E-state index contributed by atoms with van der Waals surface area (Å²) in [5.74, 6) is 1.06. The molecule has 0 aliphatic carbocycles. The van der Waals surface area contributed by atoms with E-state index in [0.29, 0.717) is 27.9 Å². The van der Waals surface area contributed by atoms with E-state index < -0.39 is 0 Å². The van der Waals surface area contributed by atoms with Crippen LogP contribution in [0, 0.1) is 18.3 Å². The first-order chi connectivity index (χ1) is 21.0. The molecule has 0 spiro atoms. The van der Waals surface area contributed by atoms with Crippen LogP contribution in [0.1, 0.15) is 11.1 Å². The van der Waals surface area contributed by atoms with Crippen molar-refractivity contribution >= 4 is 28.8 Å². The summed E-state index contributed by atoms with van der Waals surface area (Å²) in [7, 11) is 1.85. The smallest absolute Gasteiger partial charge is 0.276 e. The molecule has 0 atom stereocenters. The Kier molecular flexibility index (Phi) is 7.48. The fourth-order valence-corrected chi connectivity index (χ4v) is 5.67. The molecule has 0 bridgehead atoms. The van der Waals surface area contributed by atoms with Crippen LogP contribution in [0.25, 0.3) is 33.9 Å². The van der Waals surface area contributed by atoms with E-state index >= 15 is 0 Å². The van der Waals surface area contributed by atoms with Gasteiger partial charge in [-0.25, -0.2) is 4.68 Å². The van der Waals surface area contributed by atoms with E-state index in [-0.39, 0.29) is 5.56 Å². The Hall–Kier alpha value is -5.65. The molecule has 6 rings (SSSR count). The lowest BCUT2D eigenvalue weighted by Crippen LogP contribution is -2.22. The third-order valence-electron chi connectivity index (χ3n) is 7.32. The van der Waals surface area contributed by atoms with Crippen LogP contribution < -0.4 is 16.2 Å². The Morgan fingerprint density at radius 3 is 1.88 bits per heavy atom. The van der Waals surface area contributed by atoms with E-state index in [2.05, 4.69) is 16.7 Å². The molecule has 7 nitrogen and oxygen atoms in total. The number of thiocarbonyl (C=S) groups is 1. The van der Waals surface area contributed by atoms with E-state index in [0.717, 1.165) is 33.8 Å². The minimum Gasteiger partial charge on any atom is -0.332 e. The molecule has 210 valence electrons. The number of aromatic nitrogens is 3. The molecular weight excluding hydrogens is 552 g/mol. The standard InChI is InChI=1S/C35H28N6OS/c1-24-33(39(2)41(34(24)42)28-21-13-6-14-22-28)40-31(26-17-9-4-10-18-26)30(25-15-7-3-8-16-25)29(23-36)32(40)38-35(43)37-27-19-11-5-12-20-27/h3-22H,1-2H3,(H2,37,38,43). The summed E-state index contributed by atoms with van der Waals surface area (Å²) in [6.45, 7) is 1.81. The summed E-state index contributed by atoms with van der Waals surface area (Å²) >= 11 is 5.78. The molecule has 43 heavy (non-hydrogen) atoms. The van der Waals surface area contributed by atoms with Crippen LogP contribution >= 0.6 is 12.2 Å². The highest BCUT2D eigenvalue weighted by atomic mass is 32.1. The Balaban J connectivity index is 1.69. The Labute approximate surface area is 254 Å². The van der Waals surface area contributed by atoms with Crippen LogP contribution in [0.3, 0.4) is 0 Å². The van der Waals surface area contributed by atoms with Crippen LogP contribution in [0.2, 0.25) is 0 Å². The van der Waals surface area contributed by atoms with Gasteiger partial charge in [0.1, 0.15) is 23.3 Å². The number of hydrogen-bond acceptors (Lipinski definition) is 3. The minimum atomic E-state index is -0.160. The van der Waals surface area contributed by atoms with Crippen molar-refractivity contribution < 1.29 is 0 Å². The van der Waals surface area contributed by atoms with Crippen molar-refractivity contribution in [1.82, 2.24) is 13.9 Å². The molecule has 0 amide bonds. The number of nitrogens with zero attached hydrogens (tertiary/aromatic N) is 4. The predicted octanol–water partition coefficient (Wildman–Crippen LogP) is 7.29. The van der Waals surface area contributed by atoms with Crippen molar-refractivity contribution in [3.05, 3.63) is 143 Å². The summed E-state index contributed by atoms with van der Waals surface area (Å²) in [4.78, 5) is 13.8. The molecule has 0 saturated carbocycles. The van der Waals surface area contributed by atoms with Crippen LogP contribution in [0.4, 0.5) is 11.5 Å². The molecule has 6 aromatic rings. The second-order valence-corrected chi connectivity index (χ2v) is 10.4. The first-order valence-electron chi connectivity index (χ1n) is 13.8. The average molecular weight is 581 g/mol. The highest BCUT2D eigenvalue weighted by Gasteiger charge is 2.30. The van der Waals surface area contributed by atoms with E-state index in [1.807, 2.05) is 145 Å². The summed E-state index contributed by atoms with van der Waals surface area (Å²) < 4.78 is 5.41. The molecule has 0 saturated heterocycles. The van der Waals surface area contributed by atoms with Gasteiger partial charge in [0, 0.05) is 18.3 Å². The van der Waals surface area contributed by atoms with Gasteiger partial charge in [-0.05, 0) is 54.5 Å². The van der Waals surface area contributed by atoms with Crippen LogP contribution in [-0.4, -0.2) is 19.0 Å².